The fourth-order valence-corrected chi connectivity index (χ4v) is 1.50. The number of esters is 1. The Balaban J connectivity index is 3.04. The molecule has 2 nitrogen and oxygen atoms in total. The van der Waals surface area contributed by atoms with E-state index in [0.29, 0.717) is 15.2 Å². The van der Waals surface area contributed by atoms with Gasteiger partial charge in [-0.2, -0.15) is 0 Å². The summed E-state index contributed by atoms with van der Waals surface area (Å²) in [6.45, 7) is 1.33. The summed E-state index contributed by atoms with van der Waals surface area (Å²) in [6.07, 6.45) is 0. The molecule has 0 radical (unpaired) electrons. The van der Waals surface area contributed by atoms with E-state index in [4.69, 9.17) is 16.3 Å². The number of hydrogen-bond donors (Lipinski definition) is 0. The third-order valence-corrected chi connectivity index (χ3v) is 2.09. The average molecular weight is 249 g/mol. The lowest BCUT2D eigenvalue weighted by Crippen LogP contribution is -2.02. The largest absolute Gasteiger partial charge is 0.424 e. The SMILES string of the molecule is CC(=O)Oc1c(Cl)cccc1Br. The van der Waals surface area contributed by atoms with Crippen LogP contribution in [0.2, 0.25) is 5.02 Å². The van der Waals surface area contributed by atoms with E-state index in [2.05, 4.69) is 15.9 Å². The maximum atomic E-state index is 10.6. The van der Waals surface area contributed by atoms with Gasteiger partial charge in [-0.05, 0) is 28.1 Å². The van der Waals surface area contributed by atoms with Crippen LogP contribution in [0.25, 0.3) is 0 Å². The van der Waals surface area contributed by atoms with Gasteiger partial charge in [0.15, 0.2) is 5.75 Å². The lowest BCUT2D eigenvalue weighted by molar-refractivity contribution is -0.131. The van der Waals surface area contributed by atoms with Crippen LogP contribution in [0.15, 0.2) is 22.7 Å². The van der Waals surface area contributed by atoms with E-state index in [9.17, 15) is 4.79 Å². The van der Waals surface area contributed by atoms with Gasteiger partial charge in [-0.25, -0.2) is 0 Å². The fraction of sp³-hybridized carbons (Fsp3) is 0.125. The molecule has 64 valence electrons. The number of hydrogen-bond acceptors (Lipinski definition) is 2. The molecule has 0 fully saturated rings. The van der Waals surface area contributed by atoms with Crippen LogP contribution in [0.1, 0.15) is 6.92 Å². The zero-order valence-corrected chi connectivity index (χ0v) is 8.65. The fourth-order valence-electron chi connectivity index (χ4n) is 0.724. The van der Waals surface area contributed by atoms with Gasteiger partial charge in [0.2, 0.25) is 0 Å². The van der Waals surface area contributed by atoms with Gasteiger partial charge in [-0.15, -0.1) is 0 Å². The molecule has 0 saturated carbocycles. The summed E-state index contributed by atoms with van der Waals surface area (Å²) in [6, 6.07) is 5.17. The Morgan fingerprint density at radius 3 is 2.75 bits per heavy atom. The van der Waals surface area contributed by atoms with Crippen LogP contribution in [-0.2, 0) is 4.79 Å². The number of halogens is 2. The van der Waals surface area contributed by atoms with E-state index < -0.39 is 0 Å². The van der Waals surface area contributed by atoms with Crippen LogP contribution >= 0.6 is 27.5 Å². The number of benzene rings is 1. The van der Waals surface area contributed by atoms with Crippen molar-refractivity contribution in [3.8, 4) is 5.75 Å². The number of para-hydroxylation sites is 1. The molecule has 0 heterocycles. The lowest BCUT2D eigenvalue weighted by Gasteiger charge is -2.04. The Labute approximate surface area is 83.6 Å². The zero-order valence-electron chi connectivity index (χ0n) is 6.30. The van der Waals surface area contributed by atoms with Crippen LogP contribution in [0.4, 0.5) is 0 Å². The topological polar surface area (TPSA) is 26.3 Å². The normalized spacial score (nSPS) is 9.58. The molecular weight excluding hydrogens is 243 g/mol. The minimum atomic E-state index is -0.385. The molecule has 1 rings (SSSR count). The van der Waals surface area contributed by atoms with Crippen molar-refractivity contribution in [2.75, 3.05) is 0 Å². The maximum Gasteiger partial charge on any atom is 0.308 e. The summed E-state index contributed by atoms with van der Waals surface area (Å²) in [7, 11) is 0. The number of carbonyl (C=O) groups is 1. The highest BCUT2D eigenvalue weighted by Crippen LogP contribution is 2.32. The lowest BCUT2D eigenvalue weighted by atomic mass is 10.3. The van der Waals surface area contributed by atoms with E-state index in [1.54, 1.807) is 18.2 Å². The van der Waals surface area contributed by atoms with Crippen molar-refractivity contribution in [2.45, 2.75) is 6.92 Å². The van der Waals surface area contributed by atoms with Crippen molar-refractivity contribution in [1.29, 1.82) is 0 Å². The molecule has 0 atom stereocenters. The van der Waals surface area contributed by atoms with Crippen LogP contribution in [0.3, 0.4) is 0 Å². The molecule has 0 N–H and O–H groups in total. The summed E-state index contributed by atoms with van der Waals surface area (Å²) in [5.74, 6) is -0.0181. The standard InChI is InChI=1S/C8H6BrClO2/c1-5(11)12-8-6(9)3-2-4-7(8)10/h2-4H,1H3. The predicted octanol–water partition coefficient (Wildman–Crippen LogP) is 3.03. The van der Waals surface area contributed by atoms with Gasteiger partial charge in [0.25, 0.3) is 0 Å². The van der Waals surface area contributed by atoms with Gasteiger partial charge in [0.05, 0.1) is 9.50 Å². The summed E-state index contributed by atoms with van der Waals surface area (Å²) in [5, 5.41) is 0.416. The molecule has 0 unspecified atom stereocenters. The van der Waals surface area contributed by atoms with Gasteiger partial charge in [-0.1, -0.05) is 17.7 Å². The molecule has 0 aliphatic rings. The molecule has 0 bridgehead atoms. The Morgan fingerprint density at radius 2 is 2.25 bits per heavy atom. The molecule has 0 aromatic heterocycles. The smallest absolute Gasteiger partial charge is 0.308 e. The second-order valence-corrected chi connectivity index (χ2v) is 3.41. The average Bonchev–Trinajstić information content (AvgIpc) is 1.97. The predicted molar refractivity (Wildman–Crippen MR) is 50.5 cm³/mol. The van der Waals surface area contributed by atoms with Crippen LogP contribution in [-0.4, -0.2) is 5.97 Å². The first-order valence-corrected chi connectivity index (χ1v) is 4.41. The van der Waals surface area contributed by atoms with Crippen molar-refractivity contribution < 1.29 is 9.53 Å². The second-order valence-electron chi connectivity index (χ2n) is 2.14. The Hall–Kier alpha value is -0.540. The van der Waals surface area contributed by atoms with Gasteiger partial charge < -0.3 is 4.74 Å². The van der Waals surface area contributed by atoms with E-state index in [1.807, 2.05) is 0 Å². The first kappa shape index (κ1) is 9.55. The Kier molecular flexibility index (Phi) is 3.12. The second kappa shape index (κ2) is 3.92. The molecule has 0 aliphatic heterocycles. The first-order valence-electron chi connectivity index (χ1n) is 3.23. The van der Waals surface area contributed by atoms with Crippen molar-refractivity contribution >= 4 is 33.5 Å². The van der Waals surface area contributed by atoms with Crippen molar-refractivity contribution in [1.82, 2.24) is 0 Å². The van der Waals surface area contributed by atoms with Crippen molar-refractivity contribution in [3.05, 3.63) is 27.7 Å². The molecule has 0 aliphatic carbocycles. The van der Waals surface area contributed by atoms with Gasteiger partial charge in [0.1, 0.15) is 0 Å². The summed E-state index contributed by atoms with van der Waals surface area (Å²) < 4.78 is 5.53. The third-order valence-electron chi connectivity index (χ3n) is 1.16. The number of rotatable bonds is 1. The highest BCUT2D eigenvalue weighted by atomic mass is 79.9. The molecule has 0 spiro atoms. The summed E-state index contributed by atoms with van der Waals surface area (Å²) in [4.78, 5) is 10.6. The quantitative estimate of drug-likeness (QED) is 0.565. The van der Waals surface area contributed by atoms with Gasteiger partial charge in [-0.3, -0.25) is 4.79 Å². The third kappa shape index (κ3) is 2.22. The zero-order chi connectivity index (χ0) is 9.14. The maximum absolute atomic E-state index is 10.6. The van der Waals surface area contributed by atoms with E-state index in [1.165, 1.54) is 6.92 Å². The van der Waals surface area contributed by atoms with Crippen molar-refractivity contribution in [3.63, 3.8) is 0 Å². The highest BCUT2D eigenvalue weighted by molar-refractivity contribution is 9.10. The molecular formula is C8H6BrClO2. The summed E-state index contributed by atoms with van der Waals surface area (Å²) >= 11 is 8.98. The first-order chi connectivity index (χ1) is 5.61. The highest BCUT2D eigenvalue weighted by Gasteiger charge is 2.07. The van der Waals surface area contributed by atoms with E-state index in [0.717, 1.165) is 0 Å². The number of ether oxygens (including phenoxy) is 1. The monoisotopic (exact) mass is 248 g/mol. The van der Waals surface area contributed by atoms with E-state index >= 15 is 0 Å². The minimum Gasteiger partial charge on any atom is -0.424 e. The molecule has 1 aromatic rings. The van der Waals surface area contributed by atoms with Crippen LogP contribution in [0.5, 0.6) is 5.75 Å². The number of carbonyl (C=O) groups excluding carboxylic acids is 1. The molecule has 0 saturated heterocycles. The van der Waals surface area contributed by atoms with Gasteiger partial charge in [0, 0.05) is 6.92 Å². The molecule has 12 heavy (non-hydrogen) atoms. The Morgan fingerprint density at radius 1 is 1.58 bits per heavy atom. The van der Waals surface area contributed by atoms with E-state index in [-0.39, 0.29) is 5.97 Å². The molecule has 1 aromatic carbocycles. The van der Waals surface area contributed by atoms with Crippen molar-refractivity contribution in [2.24, 2.45) is 0 Å². The van der Waals surface area contributed by atoms with Crippen LogP contribution in [0, 0.1) is 0 Å². The molecule has 0 amide bonds. The van der Waals surface area contributed by atoms with Crippen LogP contribution < -0.4 is 4.74 Å². The molecule has 4 heteroatoms. The minimum absolute atomic E-state index is 0.367. The van der Waals surface area contributed by atoms with Gasteiger partial charge >= 0.3 is 5.97 Å². The Bertz CT molecular complexity index is 292. The summed E-state index contributed by atoms with van der Waals surface area (Å²) in [5.41, 5.74) is 0.